The lowest BCUT2D eigenvalue weighted by atomic mass is 10.2. The number of rotatable bonds is 8. The molecule has 1 heterocycles. The Morgan fingerprint density at radius 3 is 2.90 bits per heavy atom. The highest BCUT2D eigenvalue weighted by Crippen LogP contribution is 2.25. The molecule has 0 aliphatic carbocycles. The molecule has 2 aromatic rings. The maximum atomic E-state index is 6.14. The number of hydrogen-bond acceptors (Lipinski definition) is 2. The zero-order valence-electron chi connectivity index (χ0n) is 12.3. The summed E-state index contributed by atoms with van der Waals surface area (Å²) in [6, 6.07) is 6.15. The second kappa shape index (κ2) is 7.67. The first-order valence-corrected chi connectivity index (χ1v) is 7.61. The number of halogens is 1. The zero-order chi connectivity index (χ0) is 14.4. The van der Waals surface area contributed by atoms with Crippen molar-refractivity contribution in [1.82, 2.24) is 9.88 Å². The molecule has 0 aliphatic rings. The molecule has 1 aromatic heterocycles. The normalized spacial score (nSPS) is 11.3. The number of hydrogen-bond donors (Lipinski definition) is 1. The van der Waals surface area contributed by atoms with E-state index in [4.69, 9.17) is 16.3 Å². The van der Waals surface area contributed by atoms with Crippen LogP contribution in [0.5, 0.6) is 0 Å². The highest BCUT2D eigenvalue weighted by atomic mass is 35.5. The number of methoxy groups -OCH3 is 1. The first kappa shape index (κ1) is 15.4. The number of fused-ring (bicyclic) bond motifs is 1. The summed E-state index contributed by atoms with van der Waals surface area (Å²) in [6.45, 7) is 5.84. The monoisotopic (exact) mass is 294 g/mol. The summed E-state index contributed by atoms with van der Waals surface area (Å²) in [5, 5.41) is 5.48. The van der Waals surface area contributed by atoms with Gasteiger partial charge in [0.25, 0.3) is 0 Å². The van der Waals surface area contributed by atoms with Crippen molar-refractivity contribution in [3.05, 3.63) is 35.0 Å². The molecule has 0 saturated carbocycles. The van der Waals surface area contributed by atoms with Crippen LogP contribution in [0.1, 0.15) is 25.3 Å². The molecule has 0 spiro atoms. The van der Waals surface area contributed by atoms with E-state index < -0.39 is 0 Å². The molecule has 110 valence electrons. The van der Waals surface area contributed by atoms with Gasteiger partial charge in [-0.2, -0.15) is 0 Å². The molecule has 0 aliphatic heterocycles. The van der Waals surface area contributed by atoms with E-state index in [0.717, 1.165) is 44.1 Å². The highest BCUT2D eigenvalue weighted by molar-refractivity contribution is 6.31. The van der Waals surface area contributed by atoms with Crippen LogP contribution in [0.2, 0.25) is 5.02 Å². The van der Waals surface area contributed by atoms with Crippen LogP contribution in [0.25, 0.3) is 10.9 Å². The molecule has 3 nitrogen and oxygen atoms in total. The van der Waals surface area contributed by atoms with Gasteiger partial charge < -0.3 is 14.6 Å². The summed E-state index contributed by atoms with van der Waals surface area (Å²) < 4.78 is 7.41. The smallest absolute Gasteiger partial charge is 0.0498 e. The van der Waals surface area contributed by atoms with Gasteiger partial charge in [-0.15, -0.1) is 0 Å². The minimum atomic E-state index is 0.795. The summed E-state index contributed by atoms with van der Waals surface area (Å²) in [5.74, 6) is 0. The zero-order valence-corrected chi connectivity index (χ0v) is 13.0. The van der Waals surface area contributed by atoms with Crippen LogP contribution < -0.4 is 5.32 Å². The molecule has 4 heteroatoms. The van der Waals surface area contributed by atoms with Crippen LogP contribution in [-0.2, 0) is 17.8 Å². The molecule has 0 atom stereocenters. The van der Waals surface area contributed by atoms with Gasteiger partial charge in [0, 0.05) is 48.9 Å². The van der Waals surface area contributed by atoms with E-state index in [2.05, 4.69) is 35.1 Å². The number of benzene rings is 1. The highest BCUT2D eigenvalue weighted by Gasteiger charge is 2.08. The third-order valence-electron chi connectivity index (χ3n) is 3.49. The van der Waals surface area contributed by atoms with Gasteiger partial charge in [-0.1, -0.05) is 24.6 Å². The van der Waals surface area contributed by atoms with Gasteiger partial charge in [0.05, 0.1) is 0 Å². The molecular weight excluding hydrogens is 272 g/mol. The van der Waals surface area contributed by atoms with E-state index in [1.54, 1.807) is 7.11 Å². The fourth-order valence-electron chi connectivity index (χ4n) is 2.46. The molecule has 1 aromatic carbocycles. The Balaban J connectivity index is 2.20. The first-order chi connectivity index (χ1) is 9.76. The Morgan fingerprint density at radius 1 is 1.30 bits per heavy atom. The van der Waals surface area contributed by atoms with Crippen LogP contribution >= 0.6 is 11.6 Å². The molecule has 1 N–H and O–H groups in total. The lowest BCUT2D eigenvalue weighted by Gasteiger charge is -2.05. The van der Waals surface area contributed by atoms with Crippen LogP contribution in [0.15, 0.2) is 24.4 Å². The van der Waals surface area contributed by atoms with Crippen LogP contribution in [-0.4, -0.2) is 24.8 Å². The van der Waals surface area contributed by atoms with Crippen molar-refractivity contribution < 1.29 is 4.74 Å². The van der Waals surface area contributed by atoms with E-state index in [9.17, 15) is 0 Å². The maximum Gasteiger partial charge on any atom is 0.0498 e. The summed E-state index contributed by atoms with van der Waals surface area (Å²) in [6.07, 6.45) is 4.44. The summed E-state index contributed by atoms with van der Waals surface area (Å²) in [5.41, 5.74) is 2.56. The Hall–Kier alpha value is -1.03. The van der Waals surface area contributed by atoms with E-state index >= 15 is 0 Å². The second-order valence-electron chi connectivity index (χ2n) is 4.99. The number of nitrogens with zero attached hydrogens (tertiary/aromatic N) is 1. The Labute approximate surface area is 125 Å². The molecule has 0 amide bonds. The topological polar surface area (TPSA) is 26.2 Å². The fraction of sp³-hybridized carbons (Fsp3) is 0.500. The number of ether oxygens (including phenoxy) is 1. The van der Waals surface area contributed by atoms with Crippen LogP contribution in [0.3, 0.4) is 0 Å². The van der Waals surface area contributed by atoms with Gasteiger partial charge in [-0.3, -0.25) is 0 Å². The van der Waals surface area contributed by atoms with Gasteiger partial charge in [0.1, 0.15) is 0 Å². The quantitative estimate of drug-likeness (QED) is 0.749. The molecule has 0 saturated heterocycles. The van der Waals surface area contributed by atoms with Gasteiger partial charge in [-0.05, 0) is 37.1 Å². The van der Waals surface area contributed by atoms with Crippen molar-refractivity contribution in [3.63, 3.8) is 0 Å². The van der Waals surface area contributed by atoms with E-state index in [1.807, 2.05) is 6.07 Å². The lowest BCUT2D eigenvalue weighted by molar-refractivity contribution is 0.191. The van der Waals surface area contributed by atoms with E-state index in [-0.39, 0.29) is 0 Å². The largest absolute Gasteiger partial charge is 0.385 e. The van der Waals surface area contributed by atoms with Crippen molar-refractivity contribution in [2.75, 3.05) is 20.3 Å². The van der Waals surface area contributed by atoms with Gasteiger partial charge in [0.2, 0.25) is 0 Å². The first-order valence-electron chi connectivity index (χ1n) is 7.23. The van der Waals surface area contributed by atoms with Gasteiger partial charge in [0.15, 0.2) is 0 Å². The molecule has 2 rings (SSSR count). The maximum absolute atomic E-state index is 6.14. The Morgan fingerprint density at radius 2 is 2.15 bits per heavy atom. The second-order valence-corrected chi connectivity index (χ2v) is 5.43. The van der Waals surface area contributed by atoms with Crippen LogP contribution in [0.4, 0.5) is 0 Å². The molecule has 0 radical (unpaired) electrons. The molecule has 0 fully saturated rings. The van der Waals surface area contributed by atoms with Crippen molar-refractivity contribution in [2.45, 2.75) is 32.9 Å². The summed E-state index contributed by atoms with van der Waals surface area (Å²) in [7, 11) is 1.75. The summed E-state index contributed by atoms with van der Waals surface area (Å²) in [4.78, 5) is 0. The predicted molar refractivity (Wildman–Crippen MR) is 85.4 cm³/mol. The average Bonchev–Trinajstić information content (AvgIpc) is 2.79. The Bertz CT molecular complexity index is 551. The van der Waals surface area contributed by atoms with Crippen molar-refractivity contribution in [3.8, 4) is 0 Å². The number of unbranched alkanes of at least 4 members (excludes halogenated alkanes) is 1. The number of aromatic nitrogens is 1. The molecule has 20 heavy (non-hydrogen) atoms. The fourth-order valence-corrected chi connectivity index (χ4v) is 2.62. The van der Waals surface area contributed by atoms with Crippen molar-refractivity contribution >= 4 is 22.5 Å². The van der Waals surface area contributed by atoms with E-state index in [0.29, 0.717) is 0 Å². The average molecular weight is 295 g/mol. The third kappa shape index (κ3) is 3.75. The van der Waals surface area contributed by atoms with Gasteiger partial charge in [-0.25, -0.2) is 0 Å². The molecule has 0 unspecified atom stereocenters. The van der Waals surface area contributed by atoms with E-state index in [1.165, 1.54) is 16.5 Å². The molecular formula is C16H23ClN2O. The summed E-state index contributed by atoms with van der Waals surface area (Å²) >= 11 is 6.14. The lowest BCUT2D eigenvalue weighted by Crippen LogP contribution is -2.11. The molecule has 0 bridgehead atoms. The third-order valence-corrected chi connectivity index (χ3v) is 3.72. The minimum absolute atomic E-state index is 0.795. The van der Waals surface area contributed by atoms with Crippen LogP contribution in [0, 0.1) is 0 Å². The Kier molecular flexibility index (Phi) is 5.89. The standard InChI is InChI=1S/C16H23ClN2O/c1-3-18-11-13-12-19(8-4-5-9-20-2)16-10-14(17)6-7-15(13)16/h6-7,10,12,18H,3-5,8-9,11H2,1-2H3. The van der Waals surface area contributed by atoms with Crippen molar-refractivity contribution in [1.29, 1.82) is 0 Å². The number of nitrogens with one attached hydrogen (secondary N) is 1. The number of aryl methyl sites for hydroxylation is 1. The van der Waals surface area contributed by atoms with Crippen molar-refractivity contribution in [2.24, 2.45) is 0 Å². The van der Waals surface area contributed by atoms with Gasteiger partial charge >= 0.3 is 0 Å². The minimum Gasteiger partial charge on any atom is -0.385 e. The SMILES string of the molecule is CCNCc1cn(CCCCOC)c2cc(Cl)ccc12. The predicted octanol–water partition coefficient (Wildman–Crippen LogP) is 3.83.